The second kappa shape index (κ2) is 8.71. The van der Waals surface area contributed by atoms with Crippen LogP contribution in [0.4, 0.5) is 10.1 Å². The molecule has 1 aromatic heterocycles. The van der Waals surface area contributed by atoms with Crippen LogP contribution >= 0.6 is 11.8 Å². The average molecular weight is 425 g/mol. The van der Waals surface area contributed by atoms with E-state index in [0.29, 0.717) is 11.4 Å². The molecule has 0 spiro atoms. The third kappa shape index (κ3) is 4.23. The van der Waals surface area contributed by atoms with Crippen molar-refractivity contribution in [2.75, 3.05) is 11.1 Å². The number of para-hydroxylation sites is 1. The first-order valence-corrected chi connectivity index (χ1v) is 10.7. The quantitative estimate of drug-likeness (QED) is 0.590. The maximum Gasteiger partial charge on any atom is 0.276 e. The van der Waals surface area contributed by atoms with E-state index >= 15 is 0 Å². The lowest BCUT2D eigenvalue weighted by atomic mass is 9.95. The summed E-state index contributed by atoms with van der Waals surface area (Å²) in [5.41, 5.74) is 8.89. The van der Waals surface area contributed by atoms with Crippen molar-refractivity contribution in [1.82, 2.24) is 9.78 Å². The van der Waals surface area contributed by atoms with Gasteiger partial charge in [0.15, 0.2) is 5.69 Å². The number of thioether (sulfide) groups is 1. The monoisotopic (exact) mass is 424 g/mol. The molecule has 0 atom stereocenters. The van der Waals surface area contributed by atoms with Crippen LogP contribution < -0.4 is 11.1 Å². The van der Waals surface area contributed by atoms with Crippen LogP contribution in [0.15, 0.2) is 53.4 Å². The summed E-state index contributed by atoms with van der Waals surface area (Å²) in [5, 5.41) is 7.52. The number of halogens is 1. The highest BCUT2D eigenvalue weighted by atomic mass is 32.2. The maximum atomic E-state index is 13.3. The minimum Gasteiger partial charge on any atom is -0.369 e. The number of primary amides is 1. The van der Waals surface area contributed by atoms with Gasteiger partial charge in [0, 0.05) is 16.2 Å². The zero-order valence-corrected chi connectivity index (χ0v) is 17.0. The SMILES string of the molecule is NC(=O)CSc1ccccc1NC(=O)c1nn(-c2ccc(F)cc2)c2c1CCCC2. The van der Waals surface area contributed by atoms with Crippen LogP contribution in [0.2, 0.25) is 0 Å². The first kappa shape index (κ1) is 20.2. The van der Waals surface area contributed by atoms with Gasteiger partial charge in [-0.2, -0.15) is 5.10 Å². The van der Waals surface area contributed by atoms with Gasteiger partial charge >= 0.3 is 0 Å². The summed E-state index contributed by atoms with van der Waals surface area (Å²) >= 11 is 1.27. The van der Waals surface area contributed by atoms with Crippen molar-refractivity contribution in [3.8, 4) is 5.69 Å². The van der Waals surface area contributed by atoms with E-state index in [0.717, 1.165) is 47.5 Å². The second-order valence-corrected chi connectivity index (χ2v) is 8.09. The molecule has 2 aromatic carbocycles. The van der Waals surface area contributed by atoms with Crippen LogP contribution in [-0.4, -0.2) is 27.3 Å². The van der Waals surface area contributed by atoms with Crippen LogP contribution in [0.5, 0.6) is 0 Å². The molecule has 0 aliphatic heterocycles. The van der Waals surface area contributed by atoms with Gasteiger partial charge in [0.05, 0.1) is 17.1 Å². The van der Waals surface area contributed by atoms with Crippen LogP contribution in [0.1, 0.15) is 34.6 Å². The topological polar surface area (TPSA) is 90.0 Å². The molecule has 1 aliphatic rings. The summed E-state index contributed by atoms with van der Waals surface area (Å²) < 4.78 is 15.1. The molecule has 3 aromatic rings. The number of nitrogens with one attached hydrogen (secondary N) is 1. The molecule has 0 saturated heterocycles. The molecule has 1 heterocycles. The molecule has 8 heteroatoms. The minimum atomic E-state index is -0.423. The fourth-order valence-electron chi connectivity index (χ4n) is 3.60. The summed E-state index contributed by atoms with van der Waals surface area (Å²) in [7, 11) is 0. The number of benzene rings is 2. The van der Waals surface area contributed by atoms with Crippen LogP contribution in [0, 0.1) is 5.82 Å². The number of anilines is 1. The largest absolute Gasteiger partial charge is 0.369 e. The van der Waals surface area contributed by atoms with Gasteiger partial charge in [0.25, 0.3) is 5.91 Å². The molecule has 6 nitrogen and oxygen atoms in total. The molecule has 2 amide bonds. The van der Waals surface area contributed by atoms with E-state index in [4.69, 9.17) is 5.73 Å². The molecule has 0 fully saturated rings. The Morgan fingerprint density at radius 2 is 1.83 bits per heavy atom. The van der Waals surface area contributed by atoms with E-state index in [1.165, 1.54) is 23.9 Å². The summed E-state index contributed by atoms with van der Waals surface area (Å²) in [4.78, 5) is 25.0. The lowest BCUT2D eigenvalue weighted by Crippen LogP contribution is -2.17. The van der Waals surface area contributed by atoms with Crippen molar-refractivity contribution in [2.24, 2.45) is 5.73 Å². The molecule has 0 saturated carbocycles. The summed E-state index contributed by atoms with van der Waals surface area (Å²) in [6.45, 7) is 0. The molecule has 0 bridgehead atoms. The summed E-state index contributed by atoms with van der Waals surface area (Å²) in [6, 6.07) is 13.4. The highest BCUT2D eigenvalue weighted by Gasteiger charge is 2.26. The number of aromatic nitrogens is 2. The number of carbonyl (C=O) groups excluding carboxylic acids is 2. The molecule has 154 valence electrons. The average Bonchev–Trinajstić information content (AvgIpc) is 3.13. The Morgan fingerprint density at radius 1 is 1.10 bits per heavy atom. The first-order chi connectivity index (χ1) is 14.5. The Hall–Kier alpha value is -3.13. The van der Waals surface area contributed by atoms with Gasteiger partial charge in [-0.1, -0.05) is 12.1 Å². The second-order valence-electron chi connectivity index (χ2n) is 7.07. The van der Waals surface area contributed by atoms with Crippen molar-refractivity contribution < 1.29 is 14.0 Å². The number of nitrogens with zero attached hydrogens (tertiary/aromatic N) is 2. The Kier molecular flexibility index (Phi) is 5.85. The predicted octanol–water partition coefficient (Wildman–Crippen LogP) is 3.72. The van der Waals surface area contributed by atoms with E-state index in [2.05, 4.69) is 10.4 Å². The van der Waals surface area contributed by atoms with E-state index in [1.54, 1.807) is 22.9 Å². The Balaban J connectivity index is 1.65. The highest BCUT2D eigenvalue weighted by molar-refractivity contribution is 8.00. The van der Waals surface area contributed by atoms with Gasteiger partial charge in [0.1, 0.15) is 5.82 Å². The number of carbonyl (C=O) groups is 2. The first-order valence-electron chi connectivity index (χ1n) is 9.71. The lowest BCUT2D eigenvalue weighted by molar-refractivity contribution is -0.115. The van der Waals surface area contributed by atoms with Crippen LogP contribution in [0.3, 0.4) is 0 Å². The van der Waals surface area contributed by atoms with Gasteiger partial charge in [0.2, 0.25) is 5.91 Å². The lowest BCUT2D eigenvalue weighted by Gasteiger charge is -2.14. The number of hydrogen-bond donors (Lipinski definition) is 2. The fraction of sp³-hybridized carbons (Fsp3) is 0.227. The molecule has 1 aliphatic carbocycles. The van der Waals surface area contributed by atoms with Gasteiger partial charge in [-0.25, -0.2) is 9.07 Å². The van der Waals surface area contributed by atoms with E-state index in [-0.39, 0.29) is 17.5 Å². The van der Waals surface area contributed by atoms with Crippen molar-refractivity contribution in [1.29, 1.82) is 0 Å². The fourth-order valence-corrected chi connectivity index (χ4v) is 4.35. The number of hydrogen-bond acceptors (Lipinski definition) is 4. The molecule has 3 N–H and O–H groups in total. The van der Waals surface area contributed by atoms with Crippen LogP contribution in [-0.2, 0) is 17.6 Å². The third-order valence-electron chi connectivity index (χ3n) is 4.97. The van der Waals surface area contributed by atoms with Crippen molar-refractivity contribution in [2.45, 2.75) is 30.6 Å². The highest BCUT2D eigenvalue weighted by Crippen LogP contribution is 2.30. The van der Waals surface area contributed by atoms with Crippen molar-refractivity contribution in [3.63, 3.8) is 0 Å². The number of amides is 2. The van der Waals surface area contributed by atoms with E-state index < -0.39 is 5.91 Å². The predicted molar refractivity (Wildman–Crippen MR) is 114 cm³/mol. The molecular formula is C22H21FN4O2S. The zero-order valence-electron chi connectivity index (χ0n) is 16.2. The van der Waals surface area contributed by atoms with E-state index in [9.17, 15) is 14.0 Å². The van der Waals surface area contributed by atoms with Crippen molar-refractivity contribution >= 4 is 29.3 Å². The Bertz CT molecular complexity index is 1100. The molecule has 4 rings (SSSR count). The minimum absolute atomic E-state index is 0.126. The number of nitrogens with two attached hydrogens (primary N) is 1. The zero-order chi connectivity index (χ0) is 21.1. The number of rotatable bonds is 6. The Labute approximate surface area is 177 Å². The summed E-state index contributed by atoms with van der Waals surface area (Å²) in [5.74, 6) is -0.918. The standard InChI is InChI=1S/C22H21FN4O2S/c23-14-9-11-15(12-10-14)27-18-7-3-1-5-16(18)21(26-27)22(29)25-17-6-2-4-8-19(17)30-13-20(24)28/h2,4,6,8-12H,1,3,5,7,13H2,(H2,24,28)(H,25,29). The van der Waals surface area contributed by atoms with Gasteiger partial charge in [-0.15, -0.1) is 11.8 Å². The van der Waals surface area contributed by atoms with Gasteiger partial charge < -0.3 is 11.1 Å². The third-order valence-corrected chi connectivity index (χ3v) is 6.07. The van der Waals surface area contributed by atoms with Gasteiger partial charge in [-0.05, 0) is 62.1 Å². The summed E-state index contributed by atoms with van der Waals surface area (Å²) in [6.07, 6.45) is 3.61. The van der Waals surface area contributed by atoms with Gasteiger partial charge in [-0.3, -0.25) is 9.59 Å². The number of fused-ring (bicyclic) bond motifs is 1. The molecule has 0 unspecified atom stereocenters. The van der Waals surface area contributed by atoms with E-state index in [1.807, 2.05) is 18.2 Å². The Morgan fingerprint density at radius 3 is 2.60 bits per heavy atom. The molecule has 30 heavy (non-hydrogen) atoms. The van der Waals surface area contributed by atoms with Crippen LogP contribution in [0.25, 0.3) is 5.69 Å². The smallest absolute Gasteiger partial charge is 0.276 e. The van der Waals surface area contributed by atoms with Crippen molar-refractivity contribution in [3.05, 3.63) is 71.3 Å². The molecule has 0 radical (unpaired) electrons. The molecular weight excluding hydrogens is 403 g/mol. The maximum absolute atomic E-state index is 13.3. The normalized spacial score (nSPS) is 13.0.